The number of likely N-dealkylation sites (tertiary alicyclic amines) is 1. The van der Waals surface area contributed by atoms with Gasteiger partial charge in [0.15, 0.2) is 5.96 Å². The largest absolute Gasteiger partial charge is 0.395 e. The summed E-state index contributed by atoms with van der Waals surface area (Å²) < 4.78 is 0. The van der Waals surface area contributed by atoms with Crippen molar-refractivity contribution >= 4 is 5.96 Å². The maximum Gasteiger partial charge on any atom is 0.193 e. The molecule has 12 heavy (non-hydrogen) atoms. The number of aliphatic imine (C=N–C) groups is 1. The quantitative estimate of drug-likeness (QED) is 0.441. The van der Waals surface area contributed by atoms with Crippen molar-refractivity contribution in [1.29, 1.82) is 0 Å². The third-order valence-corrected chi connectivity index (χ3v) is 2.01. The normalized spacial score (nSPS) is 18.5. The maximum atomic E-state index is 8.62. The molecule has 0 atom stereocenters. The fraction of sp³-hybridized carbons (Fsp3) is 0.875. The average molecular weight is 171 g/mol. The minimum atomic E-state index is 0.160. The molecule has 1 saturated heterocycles. The molecule has 1 aliphatic rings. The number of nitrogens with zero attached hydrogens (tertiary/aromatic N) is 2. The lowest BCUT2D eigenvalue weighted by molar-refractivity contribution is 0.298. The van der Waals surface area contributed by atoms with E-state index < -0.39 is 0 Å². The van der Waals surface area contributed by atoms with Crippen LogP contribution in [0.5, 0.6) is 0 Å². The lowest BCUT2D eigenvalue weighted by Gasteiger charge is -2.20. The molecule has 0 aliphatic carbocycles. The molecule has 0 aromatic carbocycles. The van der Waals surface area contributed by atoms with Crippen molar-refractivity contribution in [3.8, 4) is 0 Å². The Bertz CT molecular complexity index is 152. The Labute approximate surface area is 73.3 Å². The first-order valence-electron chi connectivity index (χ1n) is 4.45. The van der Waals surface area contributed by atoms with Gasteiger partial charge in [0.2, 0.25) is 0 Å². The Hall–Kier alpha value is -0.770. The number of aliphatic hydroxyl groups is 1. The molecule has 0 aromatic rings. The van der Waals surface area contributed by atoms with Crippen LogP contribution in [0, 0.1) is 0 Å². The molecule has 0 bridgehead atoms. The van der Waals surface area contributed by atoms with E-state index in [1.807, 2.05) is 0 Å². The van der Waals surface area contributed by atoms with Gasteiger partial charge < -0.3 is 15.3 Å². The van der Waals surface area contributed by atoms with E-state index in [4.69, 9.17) is 5.11 Å². The predicted molar refractivity (Wildman–Crippen MR) is 49.3 cm³/mol. The fourth-order valence-electron chi connectivity index (χ4n) is 1.43. The number of nitrogens with one attached hydrogen (secondary N) is 1. The van der Waals surface area contributed by atoms with Crippen molar-refractivity contribution in [2.75, 3.05) is 33.3 Å². The minimum absolute atomic E-state index is 0.160. The second kappa shape index (κ2) is 4.98. The summed E-state index contributed by atoms with van der Waals surface area (Å²) in [4.78, 5) is 6.35. The highest BCUT2D eigenvalue weighted by Crippen LogP contribution is 2.06. The molecule has 1 fully saturated rings. The molecule has 4 heteroatoms. The molecule has 0 amide bonds. The summed E-state index contributed by atoms with van der Waals surface area (Å²) in [5.41, 5.74) is 0. The van der Waals surface area contributed by atoms with E-state index in [-0.39, 0.29) is 6.61 Å². The topological polar surface area (TPSA) is 47.9 Å². The van der Waals surface area contributed by atoms with E-state index in [0.717, 1.165) is 19.0 Å². The van der Waals surface area contributed by atoms with Crippen molar-refractivity contribution in [2.24, 2.45) is 4.99 Å². The molecule has 0 unspecified atom stereocenters. The Morgan fingerprint density at radius 1 is 1.50 bits per heavy atom. The van der Waals surface area contributed by atoms with Crippen LogP contribution in [0.25, 0.3) is 0 Å². The first-order valence-corrected chi connectivity index (χ1v) is 4.45. The van der Waals surface area contributed by atoms with Crippen LogP contribution in [-0.2, 0) is 0 Å². The highest BCUT2D eigenvalue weighted by atomic mass is 16.3. The number of hydrogen-bond donors (Lipinski definition) is 2. The van der Waals surface area contributed by atoms with Crippen LogP contribution in [0.3, 0.4) is 0 Å². The lowest BCUT2D eigenvalue weighted by atomic mass is 10.4. The second-order valence-corrected chi connectivity index (χ2v) is 2.89. The van der Waals surface area contributed by atoms with Crippen LogP contribution in [0.2, 0.25) is 0 Å². The predicted octanol–water partition coefficient (Wildman–Crippen LogP) is -0.350. The molecule has 1 rings (SSSR count). The first-order chi connectivity index (χ1) is 5.88. The highest BCUT2D eigenvalue weighted by Gasteiger charge is 2.14. The van der Waals surface area contributed by atoms with Crippen molar-refractivity contribution in [1.82, 2.24) is 10.2 Å². The number of hydrogen-bond acceptors (Lipinski definition) is 2. The van der Waals surface area contributed by atoms with Crippen LogP contribution in [-0.4, -0.2) is 49.3 Å². The molecule has 2 N–H and O–H groups in total. The van der Waals surface area contributed by atoms with Gasteiger partial charge in [-0.1, -0.05) is 0 Å². The Morgan fingerprint density at radius 2 is 2.17 bits per heavy atom. The Kier molecular flexibility index (Phi) is 3.87. The van der Waals surface area contributed by atoms with Gasteiger partial charge in [-0.3, -0.25) is 4.99 Å². The average Bonchev–Trinajstić information content (AvgIpc) is 2.59. The van der Waals surface area contributed by atoms with E-state index in [1.165, 1.54) is 12.8 Å². The van der Waals surface area contributed by atoms with Gasteiger partial charge in [-0.25, -0.2) is 0 Å². The van der Waals surface area contributed by atoms with E-state index >= 15 is 0 Å². The fourth-order valence-corrected chi connectivity index (χ4v) is 1.43. The van der Waals surface area contributed by atoms with Gasteiger partial charge >= 0.3 is 0 Å². The van der Waals surface area contributed by atoms with Crippen LogP contribution >= 0.6 is 0 Å². The molecule has 0 spiro atoms. The smallest absolute Gasteiger partial charge is 0.193 e. The Morgan fingerprint density at radius 3 is 2.67 bits per heavy atom. The summed E-state index contributed by atoms with van der Waals surface area (Å²) in [5.74, 6) is 0.918. The summed E-state index contributed by atoms with van der Waals surface area (Å²) in [6.07, 6.45) is 2.50. The molecule has 0 aromatic heterocycles. The summed E-state index contributed by atoms with van der Waals surface area (Å²) in [7, 11) is 1.78. The molecular weight excluding hydrogens is 154 g/mol. The van der Waals surface area contributed by atoms with Gasteiger partial charge in [-0.15, -0.1) is 0 Å². The zero-order chi connectivity index (χ0) is 8.81. The third kappa shape index (κ3) is 2.37. The van der Waals surface area contributed by atoms with Gasteiger partial charge in [0, 0.05) is 26.7 Å². The van der Waals surface area contributed by atoms with Crippen LogP contribution in [0.4, 0.5) is 0 Å². The zero-order valence-corrected chi connectivity index (χ0v) is 7.58. The van der Waals surface area contributed by atoms with Crippen LogP contribution in [0.15, 0.2) is 4.99 Å². The zero-order valence-electron chi connectivity index (χ0n) is 7.58. The Balaban J connectivity index is 2.33. The molecule has 0 saturated carbocycles. The van der Waals surface area contributed by atoms with Crippen LogP contribution in [0.1, 0.15) is 12.8 Å². The van der Waals surface area contributed by atoms with Crippen molar-refractivity contribution in [2.45, 2.75) is 12.8 Å². The van der Waals surface area contributed by atoms with Crippen molar-refractivity contribution in [3.05, 3.63) is 0 Å². The summed E-state index contributed by atoms with van der Waals surface area (Å²) in [6, 6.07) is 0. The monoisotopic (exact) mass is 171 g/mol. The van der Waals surface area contributed by atoms with E-state index in [2.05, 4.69) is 15.2 Å². The lowest BCUT2D eigenvalue weighted by Crippen LogP contribution is -2.40. The molecule has 1 heterocycles. The standard InChI is InChI=1S/C8H17N3O/c1-9-8(10-4-7-12)11-5-2-3-6-11/h12H,2-7H2,1H3,(H,9,10). The highest BCUT2D eigenvalue weighted by molar-refractivity contribution is 5.80. The van der Waals surface area contributed by atoms with Gasteiger partial charge in [-0.05, 0) is 12.8 Å². The SMILES string of the molecule is CN=C(NCCO)N1CCCC1. The van der Waals surface area contributed by atoms with Crippen molar-refractivity contribution in [3.63, 3.8) is 0 Å². The summed E-state index contributed by atoms with van der Waals surface area (Å²) in [6.45, 7) is 2.92. The molecule has 1 aliphatic heterocycles. The summed E-state index contributed by atoms with van der Waals surface area (Å²) in [5, 5.41) is 11.7. The van der Waals surface area contributed by atoms with Crippen LogP contribution < -0.4 is 5.32 Å². The molecule has 0 radical (unpaired) electrons. The van der Waals surface area contributed by atoms with E-state index in [0.29, 0.717) is 6.54 Å². The molecule has 70 valence electrons. The van der Waals surface area contributed by atoms with E-state index in [9.17, 15) is 0 Å². The number of guanidine groups is 1. The molecule has 4 nitrogen and oxygen atoms in total. The second-order valence-electron chi connectivity index (χ2n) is 2.89. The van der Waals surface area contributed by atoms with Gasteiger partial charge in [-0.2, -0.15) is 0 Å². The number of aliphatic hydroxyl groups excluding tert-OH is 1. The minimum Gasteiger partial charge on any atom is -0.395 e. The van der Waals surface area contributed by atoms with Gasteiger partial charge in [0.25, 0.3) is 0 Å². The summed E-state index contributed by atoms with van der Waals surface area (Å²) >= 11 is 0. The van der Waals surface area contributed by atoms with Crippen molar-refractivity contribution < 1.29 is 5.11 Å². The first kappa shape index (κ1) is 9.32. The molecular formula is C8H17N3O. The van der Waals surface area contributed by atoms with Gasteiger partial charge in [0.05, 0.1) is 6.61 Å². The third-order valence-electron chi connectivity index (χ3n) is 2.01. The number of rotatable bonds is 2. The maximum absolute atomic E-state index is 8.62. The van der Waals surface area contributed by atoms with E-state index in [1.54, 1.807) is 7.05 Å². The van der Waals surface area contributed by atoms with Gasteiger partial charge in [0.1, 0.15) is 0 Å².